The van der Waals surface area contributed by atoms with Crippen molar-refractivity contribution >= 4 is 11.7 Å². The molecule has 0 bridgehead atoms. The minimum atomic E-state index is 0.558. The first-order chi connectivity index (χ1) is 6.36. The van der Waals surface area contributed by atoms with Crippen LogP contribution in [0.15, 0.2) is 23.6 Å². The van der Waals surface area contributed by atoms with Crippen molar-refractivity contribution in [3.63, 3.8) is 0 Å². The number of hydrazone groups is 1. The lowest BCUT2D eigenvalue weighted by Gasteiger charge is -1.98. The maximum Gasteiger partial charge on any atom is 0.243 e. The Kier molecular flexibility index (Phi) is 2.21. The van der Waals surface area contributed by atoms with Gasteiger partial charge in [-0.2, -0.15) is 5.10 Å². The van der Waals surface area contributed by atoms with Gasteiger partial charge >= 0.3 is 0 Å². The molecule has 0 atom stereocenters. The molecule has 4 heteroatoms. The summed E-state index contributed by atoms with van der Waals surface area (Å²) >= 11 is 0. The van der Waals surface area contributed by atoms with E-state index in [1.165, 1.54) is 12.8 Å². The lowest BCUT2D eigenvalue weighted by atomic mass is 10.3. The van der Waals surface area contributed by atoms with Crippen molar-refractivity contribution in [3.05, 3.63) is 18.5 Å². The quantitative estimate of drug-likeness (QED) is 0.563. The molecule has 0 unspecified atom stereocenters. The third kappa shape index (κ3) is 2.24. The first kappa shape index (κ1) is 8.16. The summed E-state index contributed by atoms with van der Waals surface area (Å²) in [6.07, 6.45) is 5.92. The molecule has 1 fully saturated rings. The van der Waals surface area contributed by atoms with E-state index in [9.17, 15) is 0 Å². The van der Waals surface area contributed by atoms with Crippen molar-refractivity contribution in [2.24, 2.45) is 11.0 Å². The first-order valence-electron chi connectivity index (χ1n) is 4.43. The number of aromatic nitrogens is 2. The lowest BCUT2D eigenvalue weighted by Crippen LogP contribution is -2.01. The Morgan fingerprint density at radius 3 is 2.77 bits per heavy atom. The molecule has 0 saturated heterocycles. The average molecular weight is 176 g/mol. The smallest absolute Gasteiger partial charge is 0.243 e. The highest BCUT2D eigenvalue weighted by atomic mass is 15.3. The van der Waals surface area contributed by atoms with Gasteiger partial charge in [-0.25, -0.2) is 15.4 Å². The molecule has 0 radical (unpaired) electrons. The molecule has 0 aromatic carbocycles. The average Bonchev–Trinajstić information content (AvgIpc) is 2.99. The number of rotatable bonds is 3. The summed E-state index contributed by atoms with van der Waals surface area (Å²) in [6, 6.07) is 1.78. The minimum Gasteiger partial charge on any atom is -0.245 e. The van der Waals surface area contributed by atoms with Crippen molar-refractivity contribution in [2.45, 2.75) is 19.8 Å². The Morgan fingerprint density at radius 1 is 1.46 bits per heavy atom. The molecule has 2 rings (SSSR count). The van der Waals surface area contributed by atoms with Gasteiger partial charge in [0.2, 0.25) is 5.95 Å². The molecule has 1 aliphatic rings. The summed E-state index contributed by atoms with van der Waals surface area (Å²) in [5.74, 6) is 1.25. The standard InChI is InChI=1S/C9H12N4/c1-7(8-3-4-8)12-13-9-10-5-2-6-11-9/h2,5-6,8H,3-4H2,1H3,(H,10,11,13)/b12-7-. The number of nitrogens with zero attached hydrogens (tertiary/aromatic N) is 3. The van der Waals surface area contributed by atoms with Crippen LogP contribution in [0, 0.1) is 5.92 Å². The van der Waals surface area contributed by atoms with E-state index in [1.807, 2.05) is 6.92 Å². The molecule has 1 aromatic rings. The number of hydrogen-bond acceptors (Lipinski definition) is 4. The second-order valence-electron chi connectivity index (χ2n) is 3.21. The predicted molar refractivity (Wildman–Crippen MR) is 51.5 cm³/mol. The number of nitrogens with one attached hydrogen (secondary N) is 1. The van der Waals surface area contributed by atoms with Gasteiger partial charge in [0.15, 0.2) is 0 Å². The Balaban J connectivity index is 1.95. The van der Waals surface area contributed by atoms with Crippen LogP contribution in [0.2, 0.25) is 0 Å². The zero-order valence-corrected chi connectivity index (χ0v) is 7.57. The van der Waals surface area contributed by atoms with E-state index in [-0.39, 0.29) is 0 Å². The van der Waals surface area contributed by atoms with E-state index in [4.69, 9.17) is 0 Å². The van der Waals surface area contributed by atoms with E-state index in [0.29, 0.717) is 11.9 Å². The van der Waals surface area contributed by atoms with Crippen molar-refractivity contribution in [1.82, 2.24) is 9.97 Å². The SMILES string of the molecule is C/C(=N/Nc1ncccn1)C1CC1. The zero-order valence-electron chi connectivity index (χ0n) is 7.57. The van der Waals surface area contributed by atoms with Gasteiger partial charge in [0.25, 0.3) is 0 Å². The fourth-order valence-corrected chi connectivity index (χ4v) is 1.09. The normalized spacial score (nSPS) is 17.2. The van der Waals surface area contributed by atoms with Crippen LogP contribution in [0.5, 0.6) is 0 Å². The van der Waals surface area contributed by atoms with E-state index in [0.717, 1.165) is 5.71 Å². The van der Waals surface area contributed by atoms with Crippen LogP contribution in [0.4, 0.5) is 5.95 Å². The van der Waals surface area contributed by atoms with Crippen LogP contribution < -0.4 is 5.43 Å². The van der Waals surface area contributed by atoms with Gasteiger partial charge in [0.05, 0.1) is 0 Å². The summed E-state index contributed by atoms with van der Waals surface area (Å²) < 4.78 is 0. The molecule has 1 saturated carbocycles. The van der Waals surface area contributed by atoms with Gasteiger partial charge in [-0.3, -0.25) is 0 Å². The molecule has 0 spiro atoms. The molecule has 1 aromatic heterocycles. The molecular formula is C9H12N4. The monoisotopic (exact) mass is 176 g/mol. The van der Waals surface area contributed by atoms with E-state index in [1.54, 1.807) is 18.5 Å². The lowest BCUT2D eigenvalue weighted by molar-refractivity contribution is 1.08. The van der Waals surface area contributed by atoms with Crippen LogP contribution in [0.1, 0.15) is 19.8 Å². The molecule has 1 aliphatic carbocycles. The fourth-order valence-electron chi connectivity index (χ4n) is 1.09. The van der Waals surface area contributed by atoms with Crippen molar-refractivity contribution < 1.29 is 0 Å². The topological polar surface area (TPSA) is 50.2 Å². The fraction of sp³-hybridized carbons (Fsp3) is 0.444. The van der Waals surface area contributed by atoms with Gasteiger partial charge < -0.3 is 0 Å². The molecule has 0 aliphatic heterocycles. The highest BCUT2D eigenvalue weighted by Crippen LogP contribution is 2.30. The van der Waals surface area contributed by atoms with E-state index in [2.05, 4.69) is 20.5 Å². The van der Waals surface area contributed by atoms with Gasteiger partial charge in [-0.1, -0.05) is 0 Å². The molecule has 1 heterocycles. The Bertz CT molecular complexity index is 303. The van der Waals surface area contributed by atoms with Crippen molar-refractivity contribution in [3.8, 4) is 0 Å². The Labute approximate surface area is 77.1 Å². The van der Waals surface area contributed by atoms with Gasteiger partial charge in [0, 0.05) is 18.1 Å². The van der Waals surface area contributed by atoms with E-state index >= 15 is 0 Å². The molecule has 1 N–H and O–H groups in total. The summed E-state index contributed by atoms with van der Waals surface area (Å²) in [6.45, 7) is 2.04. The summed E-state index contributed by atoms with van der Waals surface area (Å²) in [7, 11) is 0. The largest absolute Gasteiger partial charge is 0.245 e. The molecule has 4 nitrogen and oxygen atoms in total. The maximum atomic E-state index is 4.20. The summed E-state index contributed by atoms with van der Waals surface area (Å²) in [5.41, 5.74) is 3.98. The first-order valence-corrected chi connectivity index (χ1v) is 4.43. The third-order valence-electron chi connectivity index (χ3n) is 2.07. The van der Waals surface area contributed by atoms with Gasteiger partial charge in [-0.05, 0) is 31.7 Å². The zero-order chi connectivity index (χ0) is 9.10. The number of hydrogen-bond donors (Lipinski definition) is 1. The highest BCUT2D eigenvalue weighted by molar-refractivity contribution is 5.86. The van der Waals surface area contributed by atoms with Crippen LogP contribution >= 0.6 is 0 Å². The molecule has 68 valence electrons. The summed E-state index contributed by atoms with van der Waals surface area (Å²) in [4.78, 5) is 8.00. The van der Waals surface area contributed by atoms with Crippen LogP contribution in [-0.2, 0) is 0 Å². The molecular weight excluding hydrogens is 164 g/mol. The van der Waals surface area contributed by atoms with Crippen LogP contribution in [0.3, 0.4) is 0 Å². The minimum absolute atomic E-state index is 0.558. The Hall–Kier alpha value is -1.45. The van der Waals surface area contributed by atoms with Crippen molar-refractivity contribution in [1.29, 1.82) is 0 Å². The number of anilines is 1. The van der Waals surface area contributed by atoms with Crippen LogP contribution in [-0.4, -0.2) is 15.7 Å². The van der Waals surface area contributed by atoms with Crippen molar-refractivity contribution in [2.75, 3.05) is 5.43 Å². The highest BCUT2D eigenvalue weighted by Gasteiger charge is 2.24. The predicted octanol–water partition coefficient (Wildman–Crippen LogP) is 1.67. The van der Waals surface area contributed by atoms with Crippen LogP contribution in [0.25, 0.3) is 0 Å². The summed E-state index contributed by atoms with van der Waals surface area (Å²) in [5, 5.41) is 4.20. The van der Waals surface area contributed by atoms with Gasteiger partial charge in [-0.15, -0.1) is 0 Å². The third-order valence-corrected chi connectivity index (χ3v) is 2.07. The Morgan fingerprint density at radius 2 is 2.15 bits per heavy atom. The molecule has 13 heavy (non-hydrogen) atoms. The van der Waals surface area contributed by atoms with E-state index < -0.39 is 0 Å². The van der Waals surface area contributed by atoms with Gasteiger partial charge in [0.1, 0.15) is 0 Å². The molecule has 0 amide bonds. The maximum absolute atomic E-state index is 4.20. The second kappa shape index (κ2) is 3.51. The second-order valence-corrected chi connectivity index (χ2v) is 3.21.